The highest BCUT2D eigenvalue weighted by molar-refractivity contribution is 5.52. The third-order valence-corrected chi connectivity index (χ3v) is 5.48. The molecule has 1 heterocycles. The van der Waals surface area contributed by atoms with E-state index in [9.17, 15) is 10.1 Å². The molecule has 0 amide bonds. The zero-order valence-corrected chi connectivity index (χ0v) is 17.3. The van der Waals surface area contributed by atoms with Crippen LogP contribution in [-0.2, 0) is 5.54 Å². The van der Waals surface area contributed by atoms with Crippen LogP contribution in [0.4, 0.5) is 0 Å². The second-order valence-corrected chi connectivity index (χ2v) is 7.26. The predicted octanol–water partition coefficient (Wildman–Crippen LogP) is 5.75. The van der Waals surface area contributed by atoms with Crippen molar-refractivity contribution in [3.63, 3.8) is 0 Å². The number of benzene rings is 3. The van der Waals surface area contributed by atoms with Crippen molar-refractivity contribution in [2.45, 2.75) is 18.9 Å². The molecule has 154 valence electrons. The summed E-state index contributed by atoms with van der Waals surface area (Å²) in [6.45, 7) is 1.77. The lowest BCUT2D eigenvalue weighted by atomic mass is 9.77. The van der Waals surface area contributed by atoms with Gasteiger partial charge in [0, 0.05) is 18.7 Å². The van der Waals surface area contributed by atoms with Crippen molar-refractivity contribution in [2.24, 2.45) is 0 Å². The normalized spacial score (nSPS) is 12.0. The second kappa shape index (κ2) is 8.79. The average Bonchev–Trinajstić information content (AvgIpc) is 3.29. The Morgan fingerprint density at radius 1 is 0.903 bits per heavy atom. The summed E-state index contributed by atoms with van der Waals surface area (Å²) < 4.78 is 2.05. The maximum atomic E-state index is 11.3. The van der Waals surface area contributed by atoms with Gasteiger partial charge in [0.25, 0.3) is 0 Å². The summed E-state index contributed by atoms with van der Waals surface area (Å²) in [7, 11) is 0. The van der Waals surface area contributed by atoms with E-state index in [2.05, 4.69) is 41.4 Å². The summed E-state index contributed by atoms with van der Waals surface area (Å²) in [5.41, 5.74) is 3.24. The smallest absolute Gasteiger partial charge is 0.248 e. The van der Waals surface area contributed by atoms with Crippen molar-refractivity contribution in [3.8, 4) is 0 Å². The molecule has 0 unspecified atom stereocenters. The molecule has 0 saturated heterocycles. The van der Waals surface area contributed by atoms with Gasteiger partial charge in [-0.2, -0.15) is 0 Å². The van der Waals surface area contributed by atoms with Crippen LogP contribution in [0.3, 0.4) is 0 Å². The monoisotopic (exact) mass is 409 g/mol. The summed E-state index contributed by atoms with van der Waals surface area (Å²) in [5.74, 6) is 0. The van der Waals surface area contributed by atoms with Gasteiger partial charge in [0.2, 0.25) is 5.70 Å². The molecule has 4 aromatic rings. The van der Waals surface area contributed by atoms with Crippen molar-refractivity contribution in [3.05, 3.63) is 142 Å². The zero-order valence-electron chi connectivity index (χ0n) is 17.3. The molecule has 31 heavy (non-hydrogen) atoms. The molecular formula is C26H23N3O2. The Morgan fingerprint density at radius 2 is 1.35 bits per heavy atom. The quantitative estimate of drug-likeness (QED) is 0.222. The Bertz CT molecular complexity index is 1090. The van der Waals surface area contributed by atoms with Crippen LogP contribution in [-0.4, -0.2) is 14.5 Å². The highest BCUT2D eigenvalue weighted by atomic mass is 16.6. The number of nitro groups is 1. The standard InChI is InChI=1S/C26H23N3O2/c1-2-25(29(30)31)18-24-19-28(20-27-24)26(21-12-6-3-7-13-21,22-14-8-4-9-15-22)23-16-10-5-11-17-23/h3-20H,2H2,1H3/b25-18+. The lowest BCUT2D eigenvalue weighted by Crippen LogP contribution is -2.36. The Kier molecular flexibility index (Phi) is 5.76. The molecular weight excluding hydrogens is 386 g/mol. The zero-order chi connectivity index (χ0) is 21.7. The topological polar surface area (TPSA) is 61.0 Å². The number of aromatic nitrogens is 2. The fourth-order valence-electron chi connectivity index (χ4n) is 4.04. The van der Waals surface area contributed by atoms with E-state index in [0.717, 1.165) is 16.7 Å². The van der Waals surface area contributed by atoms with Crippen molar-refractivity contribution in [2.75, 3.05) is 0 Å². The van der Waals surface area contributed by atoms with Gasteiger partial charge in [-0.3, -0.25) is 10.1 Å². The summed E-state index contributed by atoms with van der Waals surface area (Å²) in [4.78, 5) is 15.5. The van der Waals surface area contributed by atoms with E-state index in [4.69, 9.17) is 0 Å². The van der Waals surface area contributed by atoms with Gasteiger partial charge in [-0.05, 0) is 16.7 Å². The van der Waals surface area contributed by atoms with Crippen molar-refractivity contribution in [1.29, 1.82) is 0 Å². The Balaban J connectivity index is 2.01. The third-order valence-electron chi connectivity index (χ3n) is 5.48. The number of rotatable bonds is 7. The third kappa shape index (κ3) is 3.78. The maximum absolute atomic E-state index is 11.3. The van der Waals surface area contributed by atoms with Crippen molar-refractivity contribution in [1.82, 2.24) is 9.55 Å². The van der Waals surface area contributed by atoms with E-state index in [1.807, 2.05) is 65.4 Å². The van der Waals surface area contributed by atoms with Crippen LogP contribution < -0.4 is 0 Å². The molecule has 5 nitrogen and oxygen atoms in total. The highest BCUT2D eigenvalue weighted by Gasteiger charge is 2.38. The molecule has 0 radical (unpaired) electrons. The fourth-order valence-corrected chi connectivity index (χ4v) is 4.04. The van der Waals surface area contributed by atoms with Gasteiger partial charge in [0.05, 0.1) is 16.9 Å². The van der Waals surface area contributed by atoms with Gasteiger partial charge >= 0.3 is 0 Å². The van der Waals surface area contributed by atoms with Crippen LogP contribution in [0.2, 0.25) is 0 Å². The second-order valence-electron chi connectivity index (χ2n) is 7.26. The molecule has 1 aromatic heterocycles. The lowest BCUT2D eigenvalue weighted by molar-refractivity contribution is -0.425. The van der Waals surface area contributed by atoms with Crippen LogP contribution in [0.25, 0.3) is 6.08 Å². The average molecular weight is 409 g/mol. The minimum Gasteiger partial charge on any atom is -0.318 e. The Hall–Kier alpha value is -3.99. The van der Waals surface area contributed by atoms with E-state index in [1.54, 1.807) is 19.3 Å². The number of hydrogen-bond donors (Lipinski definition) is 0. The number of allylic oxidation sites excluding steroid dienone is 1. The minimum atomic E-state index is -0.677. The molecule has 0 N–H and O–H groups in total. The molecule has 0 aliphatic carbocycles. The SMILES string of the molecule is CC/C(=C\c1cn(C(c2ccccc2)(c2ccccc2)c2ccccc2)cn1)[N+](=O)[O-]. The van der Waals surface area contributed by atoms with Gasteiger partial charge in [0.1, 0.15) is 5.54 Å². The number of hydrogen-bond acceptors (Lipinski definition) is 3. The minimum absolute atomic E-state index is 0.134. The predicted molar refractivity (Wildman–Crippen MR) is 122 cm³/mol. The maximum Gasteiger partial charge on any atom is 0.248 e. The fraction of sp³-hybridized carbons (Fsp3) is 0.115. The van der Waals surface area contributed by atoms with E-state index in [-0.39, 0.29) is 10.6 Å². The summed E-state index contributed by atoms with van der Waals surface area (Å²) in [6.07, 6.45) is 5.52. The van der Waals surface area contributed by atoms with Gasteiger partial charge in [-0.15, -0.1) is 0 Å². The summed E-state index contributed by atoms with van der Waals surface area (Å²) in [5, 5.41) is 11.3. The summed E-state index contributed by atoms with van der Waals surface area (Å²) in [6, 6.07) is 30.7. The molecule has 5 heteroatoms. The van der Waals surface area contributed by atoms with E-state index < -0.39 is 5.54 Å². The first kappa shape index (κ1) is 20.3. The lowest BCUT2D eigenvalue weighted by Gasteiger charge is -2.37. The van der Waals surface area contributed by atoms with E-state index in [0.29, 0.717) is 12.1 Å². The van der Waals surface area contributed by atoms with Gasteiger partial charge in [-0.25, -0.2) is 4.98 Å². The first-order chi connectivity index (χ1) is 15.2. The van der Waals surface area contributed by atoms with E-state index >= 15 is 0 Å². The molecule has 0 saturated carbocycles. The number of imidazole rings is 1. The number of nitrogens with zero attached hydrogens (tertiary/aromatic N) is 3. The Labute approximate surface area is 181 Å². The van der Waals surface area contributed by atoms with Crippen LogP contribution in [0.15, 0.2) is 109 Å². The first-order valence-electron chi connectivity index (χ1n) is 10.2. The molecule has 3 aromatic carbocycles. The van der Waals surface area contributed by atoms with Crippen molar-refractivity contribution >= 4 is 6.08 Å². The Morgan fingerprint density at radius 3 is 1.74 bits per heavy atom. The first-order valence-corrected chi connectivity index (χ1v) is 10.2. The molecule has 0 aliphatic rings. The molecule has 4 rings (SSSR count). The van der Waals surface area contributed by atoms with Crippen LogP contribution in [0.5, 0.6) is 0 Å². The van der Waals surface area contributed by atoms with Crippen molar-refractivity contribution < 1.29 is 4.92 Å². The van der Waals surface area contributed by atoms with Gasteiger partial charge in [0.15, 0.2) is 0 Å². The largest absolute Gasteiger partial charge is 0.318 e. The highest BCUT2D eigenvalue weighted by Crippen LogP contribution is 2.40. The summed E-state index contributed by atoms with van der Waals surface area (Å²) >= 11 is 0. The molecule has 0 aliphatic heterocycles. The van der Waals surface area contributed by atoms with Gasteiger partial charge < -0.3 is 4.57 Å². The molecule has 0 atom stereocenters. The molecule has 0 spiro atoms. The van der Waals surface area contributed by atoms with Gasteiger partial charge in [-0.1, -0.05) is 97.9 Å². The molecule has 0 bridgehead atoms. The molecule has 0 fully saturated rings. The van der Waals surface area contributed by atoms with E-state index in [1.165, 1.54) is 0 Å². The van der Waals surface area contributed by atoms with Crippen LogP contribution >= 0.6 is 0 Å². The van der Waals surface area contributed by atoms with Crippen LogP contribution in [0.1, 0.15) is 35.7 Å². The van der Waals surface area contributed by atoms with Crippen LogP contribution in [0, 0.1) is 10.1 Å².